The number of nitrogens with zero attached hydrogens (tertiary/aromatic N) is 1. The second-order valence-electron chi connectivity index (χ2n) is 7.82. The summed E-state index contributed by atoms with van der Waals surface area (Å²) in [5.41, 5.74) is 8.29. The Labute approximate surface area is 181 Å². The lowest BCUT2D eigenvalue weighted by atomic mass is 10.1. The Morgan fingerprint density at radius 2 is 1.59 bits per heavy atom. The minimum absolute atomic E-state index is 0.749. The van der Waals surface area contributed by atoms with Gasteiger partial charge in [-0.25, -0.2) is 0 Å². The molecule has 0 spiro atoms. The molecule has 2 aromatic carbocycles. The van der Waals surface area contributed by atoms with Crippen LogP contribution in [0, 0.1) is 0 Å². The molecule has 0 radical (unpaired) electrons. The first-order valence-corrected chi connectivity index (χ1v) is 12.2. The zero-order valence-electron chi connectivity index (χ0n) is 17.9. The van der Waals surface area contributed by atoms with Crippen molar-refractivity contribution in [1.82, 2.24) is 0 Å². The number of para-hydroxylation sites is 1. The van der Waals surface area contributed by atoms with Crippen molar-refractivity contribution in [1.29, 1.82) is 0 Å². The molecule has 0 amide bonds. The molecule has 2 N–H and O–H groups in total. The van der Waals surface area contributed by atoms with Gasteiger partial charge in [-0.2, -0.15) is 0 Å². The maximum Gasteiger partial charge on any atom is 0.121 e. The van der Waals surface area contributed by atoms with Crippen LogP contribution in [0.5, 0.6) is 5.75 Å². The lowest BCUT2D eigenvalue weighted by Gasteiger charge is -2.33. The molecule has 1 heterocycles. The van der Waals surface area contributed by atoms with Crippen LogP contribution in [0.25, 0.3) is 0 Å². The summed E-state index contributed by atoms with van der Waals surface area (Å²) in [5, 5.41) is 0. The van der Waals surface area contributed by atoms with Gasteiger partial charge in [0.25, 0.3) is 0 Å². The highest BCUT2D eigenvalue weighted by Crippen LogP contribution is 2.49. The van der Waals surface area contributed by atoms with Crippen molar-refractivity contribution >= 4 is 23.1 Å². The van der Waals surface area contributed by atoms with Gasteiger partial charge in [0.05, 0.1) is 18.0 Å². The second kappa shape index (κ2) is 12.1. The van der Waals surface area contributed by atoms with Crippen molar-refractivity contribution in [2.75, 3.05) is 24.6 Å². The van der Waals surface area contributed by atoms with Crippen molar-refractivity contribution in [2.45, 2.75) is 74.5 Å². The SMILES string of the molecule is CCCCCCCCCOc1ccc2c(c1)N(CCCCN)c1ccccc1S2. The number of ether oxygens (including phenoxy) is 1. The highest BCUT2D eigenvalue weighted by Gasteiger charge is 2.23. The fraction of sp³-hybridized carbons (Fsp3) is 0.520. The fourth-order valence-corrected chi connectivity index (χ4v) is 4.88. The van der Waals surface area contributed by atoms with Crippen molar-refractivity contribution in [3.63, 3.8) is 0 Å². The minimum atomic E-state index is 0.749. The van der Waals surface area contributed by atoms with E-state index in [1.54, 1.807) is 0 Å². The Hall–Kier alpha value is -1.65. The smallest absolute Gasteiger partial charge is 0.121 e. The van der Waals surface area contributed by atoms with E-state index in [2.05, 4.69) is 54.3 Å². The van der Waals surface area contributed by atoms with Gasteiger partial charge in [0.15, 0.2) is 0 Å². The summed E-state index contributed by atoms with van der Waals surface area (Å²) < 4.78 is 6.11. The van der Waals surface area contributed by atoms with E-state index in [0.29, 0.717) is 0 Å². The summed E-state index contributed by atoms with van der Waals surface area (Å²) in [6.45, 7) is 4.81. The van der Waals surface area contributed by atoms with E-state index in [1.807, 2.05) is 11.8 Å². The Kier molecular flexibility index (Phi) is 9.23. The van der Waals surface area contributed by atoms with Gasteiger partial charge in [0, 0.05) is 22.4 Å². The minimum Gasteiger partial charge on any atom is -0.494 e. The molecule has 3 rings (SSSR count). The van der Waals surface area contributed by atoms with Gasteiger partial charge in [-0.05, 0) is 50.1 Å². The topological polar surface area (TPSA) is 38.5 Å². The molecule has 2 aromatic rings. The summed E-state index contributed by atoms with van der Waals surface area (Å²) in [7, 11) is 0. The molecule has 0 fully saturated rings. The number of anilines is 2. The third kappa shape index (κ3) is 6.42. The summed E-state index contributed by atoms with van der Waals surface area (Å²) in [6, 6.07) is 15.2. The molecule has 0 aromatic heterocycles. The van der Waals surface area contributed by atoms with Crippen LogP contribution in [0.15, 0.2) is 52.3 Å². The number of nitrogens with two attached hydrogens (primary N) is 1. The number of rotatable bonds is 13. The molecule has 0 atom stereocenters. The Morgan fingerprint density at radius 1 is 0.828 bits per heavy atom. The first-order valence-electron chi connectivity index (χ1n) is 11.3. The highest BCUT2D eigenvalue weighted by molar-refractivity contribution is 7.99. The molecule has 29 heavy (non-hydrogen) atoms. The van der Waals surface area contributed by atoms with Crippen LogP contribution in [0.3, 0.4) is 0 Å². The van der Waals surface area contributed by atoms with E-state index in [4.69, 9.17) is 10.5 Å². The summed E-state index contributed by atoms with van der Waals surface area (Å²) in [6.07, 6.45) is 11.3. The van der Waals surface area contributed by atoms with Gasteiger partial charge >= 0.3 is 0 Å². The van der Waals surface area contributed by atoms with Crippen LogP contribution in [0.4, 0.5) is 11.4 Å². The van der Waals surface area contributed by atoms with Crippen molar-refractivity contribution < 1.29 is 4.74 Å². The van der Waals surface area contributed by atoms with Crippen molar-refractivity contribution in [2.24, 2.45) is 5.73 Å². The normalized spacial score (nSPS) is 12.6. The largest absolute Gasteiger partial charge is 0.494 e. The third-order valence-electron chi connectivity index (χ3n) is 5.45. The van der Waals surface area contributed by atoms with E-state index in [0.717, 1.165) is 44.7 Å². The lowest BCUT2D eigenvalue weighted by Crippen LogP contribution is -2.22. The first kappa shape index (κ1) is 22.0. The van der Waals surface area contributed by atoms with Gasteiger partial charge in [-0.15, -0.1) is 0 Å². The maximum absolute atomic E-state index is 6.11. The zero-order valence-corrected chi connectivity index (χ0v) is 18.7. The fourth-order valence-electron chi connectivity index (χ4n) is 3.80. The number of benzene rings is 2. The van der Waals surface area contributed by atoms with E-state index in [1.165, 1.54) is 59.7 Å². The third-order valence-corrected chi connectivity index (χ3v) is 6.58. The van der Waals surface area contributed by atoms with E-state index in [-0.39, 0.29) is 0 Å². The van der Waals surface area contributed by atoms with Crippen LogP contribution in [0.2, 0.25) is 0 Å². The number of fused-ring (bicyclic) bond motifs is 2. The molecular formula is C25H36N2OS. The van der Waals surface area contributed by atoms with Crippen LogP contribution >= 0.6 is 11.8 Å². The summed E-state index contributed by atoms with van der Waals surface area (Å²) >= 11 is 1.85. The first-order chi connectivity index (χ1) is 14.3. The average molecular weight is 413 g/mol. The van der Waals surface area contributed by atoms with Gasteiger partial charge in [-0.3, -0.25) is 0 Å². The number of hydrogen-bond donors (Lipinski definition) is 1. The van der Waals surface area contributed by atoms with Gasteiger partial charge < -0.3 is 15.4 Å². The molecule has 3 nitrogen and oxygen atoms in total. The molecule has 1 aliphatic heterocycles. The average Bonchev–Trinajstić information content (AvgIpc) is 2.75. The predicted molar refractivity (Wildman–Crippen MR) is 126 cm³/mol. The van der Waals surface area contributed by atoms with Crippen LogP contribution in [-0.4, -0.2) is 19.7 Å². The lowest BCUT2D eigenvalue weighted by molar-refractivity contribution is 0.304. The molecule has 0 unspecified atom stereocenters. The van der Waals surface area contributed by atoms with Crippen LogP contribution in [-0.2, 0) is 0 Å². The molecule has 158 valence electrons. The number of hydrogen-bond acceptors (Lipinski definition) is 4. The molecule has 1 aliphatic rings. The van der Waals surface area contributed by atoms with Crippen molar-refractivity contribution in [3.05, 3.63) is 42.5 Å². The van der Waals surface area contributed by atoms with Crippen molar-refractivity contribution in [3.8, 4) is 5.75 Å². The Balaban J connectivity index is 1.59. The molecular weight excluding hydrogens is 376 g/mol. The molecule has 0 aliphatic carbocycles. The van der Waals surface area contributed by atoms with E-state index >= 15 is 0 Å². The molecule has 0 bridgehead atoms. The maximum atomic E-state index is 6.11. The Bertz CT molecular complexity index is 749. The zero-order chi connectivity index (χ0) is 20.3. The van der Waals surface area contributed by atoms with Gasteiger partial charge in [0.1, 0.15) is 5.75 Å². The molecule has 4 heteroatoms. The highest BCUT2D eigenvalue weighted by atomic mass is 32.2. The molecule has 0 saturated heterocycles. The number of unbranched alkanes of at least 4 members (excludes halogenated alkanes) is 7. The van der Waals surface area contributed by atoms with Crippen LogP contribution in [0.1, 0.15) is 64.7 Å². The quantitative estimate of drug-likeness (QED) is 0.354. The van der Waals surface area contributed by atoms with Gasteiger partial charge in [-0.1, -0.05) is 69.3 Å². The second-order valence-corrected chi connectivity index (χ2v) is 8.90. The Morgan fingerprint density at radius 3 is 2.41 bits per heavy atom. The van der Waals surface area contributed by atoms with Gasteiger partial charge in [0.2, 0.25) is 0 Å². The van der Waals surface area contributed by atoms with Crippen LogP contribution < -0.4 is 15.4 Å². The monoisotopic (exact) mass is 412 g/mol. The summed E-state index contributed by atoms with van der Waals surface area (Å²) in [5.74, 6) is 0.985. The predicted octanol–water partition coefficient (Wildman–Crippen LogP) is 7.16. The van der Waals surface area contributed by atoms with E-state index < -0.39 is 0 Å². The van der Waals surface area contributed by atoms with E-state index in [9.17, 15) is 0 Å². The summed E-state index contributed by atoms with van der Waals surface area (Å²) in [4.78, 5) is 5.07. The standard InChI is InChI=1S/C25H36N2OS/c1-2-3-4-5-6-7-12-19-28-21-15-16-25-23(20-21)27(18-11-10-17-26)22-13-8-9-14-24(22)29-25/h8-9,13-16,20H,2-7,10-12,17-19,26H2,1H3. The molecule has 0 saturated carbocycles.